The maximum atomic E-state index is 14.0. The van der Waals surface area contributed by atoms with Gasteiger partial charge in [0.05, 0.1) is 10.6 Å². The van der Waals surface area contributed by atoms with Crippen molar-refractivity contribution in [3.05, 3.63) is 65.4 Å². The second kappa shape index (κ2) is 9.23. The Balaban J connectivity index is 1.40. The van der Waals surface area contributed by atoms with Crippen LogP contribution >= 0.6 is 11.3 Å². The molecule has 0 radical (unpaired) electrons. The van der Waals surface area contributed by atoms with Gasteiger partial charge in [-0.15, -0.1) is 10.2 Å². The van der Waals surface area contributed by atoms with Crippen LogP contribution in [-0.2, 0) is 14.6 Å². The molecule has 9 heteroatoms. The molecule has 0 N–H and O–H groups in total. The molecule has 1 aliphatic rings. The fourth-order valence-corrected chi connectivity index (χ4v) is 5.92. The van der Waals surface area contributed by atoms with Gasteiger partial charge in [0, 0.05) is 31.0 Å². The van der Waals surface area contributed by atoms with Crippen LogP contribution in [0.1, 0.15) is 30.2 Å². The number of carbonyl (C=O) groups excluding carboxylic acids is 1. The number of aromatic nitrogens is 2. The summed E-state index contributed by atoms with van der Waals surface area (Å²) in [6.45, 7) is 1.07. The van der Waals surface area contributed by atoms with Crippen molar-refractivity contribution in [3.63, 3.8) is 0 Å². The first-order chi connectivity index (χ1) is 14.9. The molecule has 1 fully saturated rings. The highest BCUT2D eigenvalue weighted by atomic mass is 32.2. The molecule has 6 nitrogen and oxygen atoms in total. The van der Waals surface area contributed by atoms with Crippen molar-refractivity contribution in [2.45, 2.75) is 30.1 Å². The van der Waals surface area contributed by atoms with Gasteiger partial charge in [-0.05, 0) is 37.1 Å². The molecule has 162 valence electrons. The second-order valence-electron chi connectivity index (χ2n) is 7.49. The van der Waals surface area contributed by atoms with Gasteiger partial charge in [-0.3, -0.25) is 4.79 Å². The summed E-state index contributed by atoms with van der Waals surface area (Å²) in [6.07, 6.45) is 1.61. The van der Waals surface area contributed by atoms with Gasteiger partial charge in [-0.2, -0.15) is 0 Å². The minimum atomic E-state index is -3.49. The van der Waals surface area contributed by atoms with Gasteiger partial charge >= 0.3 is 0 Å². The lowest BCUT2D eigenvalue weighted by Crippen LogP contribution is -2.39. The van der Waals surface area contributed by atoms with E-state index < -0.39 is 9.84 Å². The fourth-order valence-electron chi connectivity index (χ4n) is 3.67. The number of piperidine rings is 1. The maximum absolute atomic E-state index is 14.0. The highest BCUT2D eigenvalue weighted by Crippen LogP contribution is 2.33. The van der Waals surface area contributed by atoms with E-state index in [9.17, 15) is 17.6 Å². The zero-order chi connectivity index (χ0) is 21.8. The Morgan fingerprint density at radius 2 is 1.84 bits per heavy atom. The van der Waals surface area contributed by atoms with Crippen LogP contribution < -0.4 is 0 Å². The lowest BCUT2D eigenvalue weighted by molar-refractivity contribution is -0.132. The first-order valence-corrected chi connectivity index (χ1v) is 12.5. The van der Waals surface area contributed by atoms with Gasteiger partial charge in [-0.25, -0.2) is 12.8 Å². The lowest BCUT2D eigenvalue weighted by atomic mass is 9.98. The molecule has 3 aromatic rings. The van der Waals surface area contributed by atoms with E-state index in [4.69, 9.17) is 0 Å². The zero-order valence-electron chi connectivity index (χ0n) is 16.8. The highest BCUT2D eigenvalue weighted by molar-refractivity contribution is 7.91. The SMILES string of the molecule is O=C(CCS(=O)(=O)c1ccccc1)N1CCCC(c2nnc(-c3ccccc3F)s2)C1. The Hall–Kier alpha value is -2.65. The Morgan fingerprint density at radius 3 is 2.61 bits per heavy atom. The Labute approximate surface area is 184 Å². The van der Waals surface area contributed by atoms with Crippen molar-refractivity contribution >= 4 is 27.1 Å². The third kappa shape index (κ3) is 4.99. The van der Waals surface area contributed by atoms with Crippen LogP contribution in [0.25, 0.3) is 10.6 Å². The van der Waals surface area contributed by atoms with Crippen LogP contribution in [0, 0.1) is 5.82 Å². The molecule has 0 aliphatic carbocycles. The molecular weight excluding hydrogens is 437 g/mol. The van der Waals surface area contributed by atoms with E-state index in [1.807, 2.05) is 0 Å². The average molecular weight is 460 g/mol. The number of likely N-dealkylation sites (tertiary alicyclic amines) is 1. The summed E-state index contributed by atoms with van der Waals surface area (Å²) in [5.41, 5.74) is 0.418. The van der Waals surface area contributed by atoms with Crippen molar-refractivity contribution in [1.82, 2.24) is 15.1 Å². The third-order valence-corrected chi connectivity index (χ3v) is 8.21. The Bertz CT molecular complexity index is 1170. The van der Waals surface area contributed by atoms with E-state index in [1.165, 1.54) is 17.4 Å². The lowest BCUT2D eigenvalue weighted by Gasteiger charge is -2.31. The maximum Gasteiger partial charge on any atom is 0.223 e. The van der Waals surface area contributed by atoms with Crippen LogP contribution in [0.4, 0.5) is 4.39 Å². The number of sulfone groups is 1. The second-order valence-corrected chi connectivity index (χ2v) is 10.6. The summed E-state index contributed by atoms with van der Waals surface area (Å²) in [6, 6.07) is 14.6. The van der Waals surface area contributed by atoms with E-state index in [0.29, 0.717) is 23.7 Å². The first-order valence-electron chi connectivity index (χ1n) is 10.1. The van der Waals surface area contributed by atoms with Crippen LogP contribution in [0.15, 0.2) is 59.5 Å². The van der Waals surface area contributed by atoms with Crippen molar-refractivity contribution in [2.75, 3.05) is 18.8 Å². The number of amides is 1. The summed E-state index contributed by atoms with van der Waals surface area (Å²) >= 11 is 1.34. The molecule has 2 heterocycles. The number of rotatable bonds is 6. The highest BCUT2D eigenvalue weighted by Gasteiger charge is 2.28. The molecular formula is C22H22FN3O3S2. The number of hydrogen-bond donors (Lipinski definition) is 0. The molecule has 0 saturated carbocycles. The van der Waals surface area contributed by atoms with Crippen LogP contribution in [0.2, 0.25) is 0 Å². The average Bonchev–Trinajstić information content (AvgIpc) is 3.29. The van der Waals surface area contributed by atoms with E-state index in [2.05, 4.69) is 10.2 Å². The van der Waals surface area contributed by atoms with E-state index in [-0.39, 0.29) is 34.7 Å². The molecule has 1 amide bonds. The molecule has 1 unspecified atom stereocenters. The van der Waals surface area contributed by atoms with Gasteiger partial charge < -0.3 is 4.90 Å². The normalized spacial score (nSPS) is 16.9. The molecule has 0 spiro atoms. The van der Waals surface area contributed by atoms with E-state index >= 15 is 0 Å². The number of halogens is 1. The smallest absolute Gasteiger partial charge is 0.223 e. The summed E-state index contributed by atoms with van der Waals surface area (Å²) in [7, 11) is -3.49. The first kappa shape index (κ1) is 21.6. The van der Waals surface area contributed by atoms with E-state index in [1.54, 1.807) is 53.4 Å². The van der Waals surface area contributed by atoms with Gasteiger partial charge in [0.2, 0.25) is 5.91 Å². The topological polar surface area (TPSA) is 80.2 Å². The molecule has 1 aliphatic heterocycles. The minimum Gasteiger partial charge on any atom is -0.342 e. The van der Waals surface area contributed by atoms with Crippen molar-refractivity contribution in [3.8, 4) is 10.6 Å². The van der Waals surface area contributed by atoms with Gasteiger partial charge in [0.1, 0.15) is 10.8 Å². The quantitative estimate of drug-likeness (QED) is 0.558. The number of benzene rings is 2. The molecule has 1 aromatic heterocycles. The monoisotopic (exact) mass is 459 g/mol. The van der Waals surface area contributed by atoms with Crippen LogP contribution in [0.5, 0.6) is 0 Å². The van der Waals surface area contributed by atoms with Gasteiger partial charge in [0.15, 0.2) is 14.8 Å². The number of nitrogens with zero attached hydrogens (tertiary/aromatic N) is 3. The zero-order valence-corrected chi connectivity index (χ0v) is 18.4. The Morgan fingerprint density at radius 1 is 1.10 bits per heavy atom. The third-order valence-electron chi connectivity index (χ3n) is 5.36. The Kier molecular flexibility index (Phi) is 6.43. The molecule has 2 aromatic carbocycles. The molecule has 4 rings (SSSR count). The fraction of sp³-hybridized carbons (Fsp3) is 0.318. The van der Waals surface area contributed by atoms with Crippen molar-refractivity contribution in [2.24, 2.45) is 0 Å². The largest absolute Gasteiger partial charge is 0.342 e. The summed E-state index contributed by atoms with van der Waals surface area (Å²) < 4.78 is 38.9. The summed E-state index contributed by atoms with van der Waals surface area (Å²) in [4.78, 5) is 14.6. The molecule has 1 atom stereocenters. The minimum absolute atomic E-state index is 0.0152. The predicted octanol–water partition coefficient (Wildman–Crippen LogP) is 3.91. The predicted molar refractivity (Wildman–Crippen MR) is 117 cm³/mol. The molecule has 1 saturated heterocycles. The molecule has 0 bridgehead atoms. The standard InChI is InChI=1S/C22H22FN3O3S2/c23-19-11-5-4-10-18(19)22-25-24-21(30-22)16-7-6-13-26(15-16)20(27)12-14-31(28,29)17-8-2-1-3-9-17/h1-5,8-11,16H,6-7,12-15H2. The van der Waals surface area contributed by atoms with Crippen molar-refractivity contribution < 1.29 is 17.6 Å². The molecule has 31 heavy (non-hydrogen) atoms. The number of hydrogen-bond acceptors (Lipinski definition) is 6. The summed E-state index contributed by atoms with van der Waals surface area (Å²) in [5, 5.41) is 9.67. The van der Waals surface area contributed by atoms with Crippen LogP contribution in [0.3, 0.4) is 0 Å². The van der Waals surface area contributed by atoms with E-state index in [0.717, 1.165) is 17.8 Å². The summed E-state index contributed by atoms with van der Waals surface area (Å²) in [5.74, 6) is -0.720. The van der Waals surface area contributed by atoms with Crippen LogP contribution in [-0.4, -0.2) is 48.3 Å². The number of carbonyl (C=O) groups is 1. The van der Waals surface area contributed by atoms with Gasteiger partial charge in [0.25, 0.3) is 0 Å². The van der Waals surface area contributed by atoms with Gasteiger partial charge in [-0.1, -0.05) is 41.7 Å². The van der Waals surface area contributed by atoms with Crippen molar-refractivity contribution in [1.29, 1.82) is 0 Å².